The van der Waals surface area contributed by atoms with E-state index in [9.17, 15) is 23.3 Å². The van der Waals surface area contributed by atoms with Crippen LogP contribution >= 0.6 is 0 Å². The first-order chi connectivity index (χ1) is 8.36. The third-order valence-corrected chi connectivity index (χ3v) is 2.04. The van der Waals surface area contributed by atoms with Crippen LogP contribution in [-0.2, 0) is 6.18 Å². The topological polar surface area (TPSA) is 72.6 Å². The van der Waals surface area contributed by atoms with Crippen molar-refractivity contribution >= 4 is 5.69 Å². The quantitative estimate of drug-likeness (QED) is 0.504. The van der Waals surface area contributed by atoms with Crippen LogP contribution in [0.15, 0.2) is 18.2 Å². The molecule has 0 unspecified atom stereocenters. The lowest BCUT2D eigenvalue weighted by molar-refractivity contribution is -0.388. The van der Waals surface area contributed by atoms with Gasteiger partial charge in [-0.25, -0.2) is 0 Å². The minimum absolute atomic E-state index is 0.0333. The van der Waals surface area contributed by atoms with Crippen molar-refractivity contribution in [2.75, 3.05) is 13.2 Å². The van der Waals surface area contributed by atoms with E-state index >= 15 is 0 Å². The van der Waals surface area contributed by atoms with E-state index in [0.717, 1.165) is 12.1 Å². The van der Waals surface area contributed by atoms with E-state index in [4.69, 9.17) is 9.84 Å². The van der Waals surface area contributed by atoms with E-state index in [1.165, 1.54) is 0 Å². The van der Waals surface area contributed by atoms with Gasteiger partial charge in [-0.15, -0.1) is 0 Å². The van der Waals surface area contributed by atoms with Gasteiger partial charge < -0.3 is 9.84 Å². The number of alkyl halides is 3. The lowest BCUT2D eigenvalue weighted by Gasteiger charge is -2.10. The molecule has 0 aromatic heterocycles. The molecular formula is C10H10F3NO4. The number of hydrogen-bond donors (Lipinski definition) is 1. The highest BCUT2D eigenvalue weighted by molar-refractivity contribution is 5.46. The van der Waals surface area contributed by atoms with Gasteiger partial charge in [-0.2, -0.15) is 13.2 Å². The first-order valence-electron chi connectivity index (χ1n) is 4.95. The molecule has 0 bridgehead atoms. The zero-order chi connectivity index (χ0) is 13.8. The van der Waals surface area contributed by atoms with Crippen molar-refractivity contribution in [3.63, 3.8) is 0 Å². The first-order valence-corrected chi connectivity index (χ1v) is 4.95. The molecule has 0 atom stereocenters. The fourth-order valence-electron chi connectivity index (χ4n) is 1.25. The number of aliphatic hydroxyl groups is 1. The van der Waals surface area contributed by atoms with E-state index < -0.39 is 22.4 Å². The molecule has 0 aliphatic carbocycles. The van der Waals surface area contributed by atoms with Gasteiger partial charge in [-0.05, 0) is 12.1 Å². The number of rotatable bonds is 5. The van der Waals surface area contributed by atoms with Crippen LogP contribution in [0.5, 0.6) is 5.75 Å². The van der Waals surface area contributed by atoms with Gasteiger partial charge in [0.1, 0.15) is 11.3 Å². The lowest BCUT2D eigenvalue weighted by Crippen LogP contribution is -2.09. The average Bonchev–Trinajstić information content (AvgIpc) is 2.28. The summed E-state index contributed by atoms with van der Waals surface area (Å²) >= 11 is 0. The van der Waals surface area contributed by atoms with Crippen LogP contribution in [0.1, 0.15) is 12.0 Å². The van der Waals surface area contributed by atoms with Gasteiger partial charge in [-0.1, -0.05) is 0 Å². The summed E-state index contributed by atoms with van der Waals surface area (Å²) in [6.07, 6.45) is -4.56. The standard InChI is InChI=1S/C10H10F3NO4/c11-10(12,13)8-6-7(18-5-1-4-15)2-3-9(8)14(16)17/h2-3,6,15H,1,4-5H2. The Morgan fingerprint density at radius 1 is 1.39 bits per heavy atom. The van der Waals surface area contributed by atoms with Crippen LogP contribution in [-0.4, -0.2) is 23.2 Å². The number of nitrogens with zero attached hydrogens (tertiary/aromatic N) is 1. The number of ether oxygens (including phenoxy) is 1. The van der Waals surface area contributed by atoms with Crippen LogP contribution in [0.3, 0.4) is 0 Å². The Kier molecular flexibility index (Phi) is 4.49. The second-order valence-electron chi connectivity index (χ2n) is 3.36. The van der Waals surface area contributed by atoms with Crippen molar-refractivity contribution in [2.24, 2.45) is 0 Å². The van der Waals surface area contributed by atoms with Gasteiger partial charge in [-0.3, -0.25) is 10.1 Å². The predicted molar refractivity (Wildman–Crippen MR) is 55.3 cm³/mol. The fourth-order valence-corrected chi connectivity index (χ4v) is 1.25. The molecule has 18 heavy (non-hydrogen) atoms. The van der Waals surface area contributed by atoms with Crippen molar-refractivity contribution < 1.29 is 27.9 Å². The molecule has 5 nitrogen and oxygen atoms in total. The minimum atomic E-state index is -4.82. The second-order valence-corrected chi connectivity index (χ2v) is 3.36. The summed E-state index contributed by atoms with van der Waals surface area (Å²) in [6, 6.07) is 2.41. The molecule has 0 saturated carbocycles. The molecular weight excluding hydrogens is 255 g/mol. The Morgan fingerprint density at radius 3 is 2.56 bits per heavy atom. The summed E-state index contributed by atoms with van der Waals surface area (Å²) < 4.78 is 42.7. The predicted octanol–water partition coefficient (Wildman–Crippen LogP) is 2.37. The second kappa shape index (κ2) is 5.67. The molecule has 0 amide bonds. The summed E-state index contributed by atoms with van der Waals surface area (Å²) in [7, 11) is 0. The van der Waals surface area contributed by atoms with Gasteiger partial charge in [0.2, 0.25) is 0 Å². The zero-order valence-corrected chi connectivity index (χ0v) is 9.11. The molecule has 1 rings (SSSR count). The van der Waals surface area contributed by atoms with Crippen LogP contribution in [0.2, 0.25) is 0 Å². The summed E-state index contributed by atoms with van der Waals surface area (Å²) in [5.41, 5.74) is -2.37. The molecule has 0 aliphatic rings. The number of nitro benzene ring substituents is 1. The Hall–Kier alpha value is -1.83. The van der Waals surface area contributed by atoms with Gasteiger partial charge in [0, 0.05) is 19.1 Å². The molecule has 1 aromatic carbocycles. The van der Waals surface area contributed by atoms with Gasteiger partial charge in [0.05, 0.1) is 11.5 Å². The zero-order valence-electron chi connectivity index (χ0n) is 9.11. The smallest absolute Gasteiger partial charge is 0.423 e. The van der Waals surface area contributed by atoms with Crippen molar-refractivity contribution in [1.29, 1.82) is 0 Å². The third kappa shape index (κ3) is 3.59. The number of benzene rings is 1. The highest BCUT2D eigenvalue weighted by Crippen LogP contribution is 2.38. The molecule has 0 spiro atoms. The van der Waals surface area contributed by atoms with Crippen molar-refractivity contribution in [2.45, 2.75) is 12.6 Å². The van der Waals surface area contributed by atoms with Crippen LogP contribution in [0, 0.1) is 10.1 Å². The Balaban J connectivity index is 3.02. The molecule has 0 aliphatic heterocycles. The van der Waals surface area contributed by atoms with Crippen molar-refractivity contribution in [1.82, 2.24) is 0 Å². The molecule has 1 N–H and O–H groups in total. The third-order valence-electron chi connectivity index (χ3n) is 2.04. The van der Waals surface area contributed by atoms with Crippen molar-refractivity contribution in [3.05, 3.63) is 33.9 Å². The number of nitro groups is 1. The van der Waals surface area contributed by atoms with E-state index in [1.54, 1.807) is 0 Å². The van der Waals surface area contributed by atoms with Crippen LogP contribution in [0.4, 0.5) is 18.9 Å². The maximum atomic E-state index is 12.6. The largest absolute Gasteiger partial charge is 0.493 e. The summed E-state index contributed by atoms with van der Waals surface area (Å²) in [6.45, 7) is -0.120. The molecule has 100 valence electrons. The van der Waals surface area contributed by atoms with Crippen LogP contribution < -0.4 is 4.74 Å². The van der Waals surface area contributed by atoms with E-state index in [1.807, 2.05) is 0 Å². The van der Waals surface area contributed by atoms with Crippen molar-refractivity contribution in [3.8, 4) is 5.75 Å². The SMILES string of the molecule is O=[N+]([O-])c1ccc(OCCCO)cc1C(F)(F)F. The van der Waals surface area contributed by atoms with E-state index in [2.05, 4.69) is 0 Å². The summed E-state index contributed by atoms with van der Waals surface area (Å²) in [5, 5.41) is 19.0. The Bertz CT molecular complexity index is 434. The Labute approximate surface area is 99.9 Å². The normalized spacial score (nSPS) is 11.3. The number of hydrogen-bond acceptors (Lipinski definition) is 4. The summed E-state index contributed by atoms with van der Waals surface area (Å²) in [4.78, 5) is 9.37. The minimum Gasteiger partial charge on any atom is -0.493 e. The Morgan fingerprint density at radius 2 is 2.06 bits per heavy atom. The lowest BCUT2D eigenvalue weighted by atomic mass is 10.1. The maximum absolute atomic E-state index is 12.6. The van der Waals surface area contributed by atoms with E-state index in [-0.39, 0.29) is 25.4 Å². The number of halogens is 3. The van der Waals surface area contributed by atoms with Crippen LogP contribution in [0.25, 0.3) is 0 Å². The monoisotopic (exact) mass is 265 g/mol. The van der Waals surface area contributed by atoms with E-state index in [0.29, 0.717) is 6.07 Å². The van der Waals surface area contributed by atoms with Gasteiger partial charge >= 0.3 is 6.18 Å². The highest BCUT2D eigenvalue weighted by Gasteiger charge is 2.38. The molecule has 0 radical (unpaired) electrons. The number of aliphatic hydroxyl groups excluding tert-OH is 1. The molecule has 0 fully saturated rings. The summed E-state index contributed by atoms with van der Waals surface area (Å²) in [5.74, 6) is -0.124. The maximum Gasteiger partial charge on any atom is 0.423 e. The average molecular weight is 265 g/mol. The molecule has 8 heteroatoms. The molecule has 0 saturated heterocycles. The molecule has 1 aromatic rings. The van der Waals surface area contributed by atoms with Gasteiger partial charge in [0.15, 0.2) is 0 Å². The highest BCUT2D eigenvalue weighted by atomic mass is 19.4. The molecule has 0 heterocycles. The first kappa shape index (κ1) is 14.2. The van der Waals surface area contributed by atoms with Gasteiger partial charge in [0.25, 0.3) is 5.69 Å². The fraction of sp³-hybridized carbons (Fsp3) is 0.400.